The summed E-state index contributed by atoms with van der Waals surface area (Å²) in [7, 11) is 0. The van der Waals surface area contributed by atoms with Gasteiger partial charge in [-0.1, -0.05) is 0 Å². The second-order valence-electron chi connectivity index (χ2n) is 3.84. The molecule has 0 heterocycles. The Morgan fingerprint density at radius 1 is 0.842 bits per heavy atom. The highest BCUT2D eigenvalue weighted by Gasteiger charge is 2.09. The van der Waals surface area contributed by atoms with E-state index in [2.05, 4.69) is 21.2 Å². The monoisotopic (exact) mass is 333 g/mol. The number of benzene rings is 2. The van der Waals surface area contributed by atoms with E-state index in [1.54, 1.807) is 6.07 Å². The fourth-order valence-electron chi connectivity index (χ4n) is 1.50. The van der Waals surface area contributed by atoms with Crippen molar-refractivity contribution in [3.8, 4) is 0 Å². The van der Waals surface area contributed by atoms with Crippen LogP contribution < -0.4 is 5.32 Å². The SMILES string of the molecule is Fc1cc(F)c(CNc2ccc(Br)c(F)c2)cc1F. The zero-order chi connectivity index (χ0) is 14.0. The molecule has 0 aliphatic heterocycles. The van der Waals surface area contributed by atoms with Crippen LogP contribution in [0.25, 0.3) is 0 Å². The molecule has 0 saturated carbocycles. The second kappa shape index (κ2) is 5.61. The van der Waals surface area contributed by atoms with Crippen LogP contribution in [0.1, 0.15) is 5.56 Å². The standard InChI is InChI=1S/C13H8BrF4N/c14-9-2-1-8(4-11(9)16)19-6-7-3-12(17)13(18)5-10(7)15/h1-5,19H,6H2. The van der Waals surface area contributed by atoms with Crippen molar-refractivity contribution >= 4 is 21.6 Å². The lowest BCUT2D eigenvalue weighted by Gasteiger charge is -2.08. The summed E-state index contributed by atoms with van der Waals surface area (Å²) in [5, 5.41) is 2.73. The maximum absolute atomic E-state index is 13.3. The normalized spacial score (nSPS) is 10.6. The maximum Gasteiger partial charge on any atom is 0.161 e. The van der Waals surface area contributed by atoms with Crippen LogP contribution in [-0.2, 0) is 6.54 Å². The van der Waals surface area contributed by atoms with E-state index in [1.807, 2.05) is 0 Å². The topological polar surface area (TPSA) is 12.0 Å². The summed E-state index contributed by atoms with van der Waals surface area (Å²) in [4.78, 5) is 0. The molecule has 0 bridgehead atoms. The number of nitrogens with one attached hydrogen (secondary N) is 1. The zero-order valence-electron chi connectivity index (χ0n) is 9.48. The average Bonchev–Trinajstić information content (AvgIpc) is 2.36. The van der Waals surface area contributed by atoms with Gasteiger partial charge in [-0.25, -0.2) is 17.6 Å². The summed E-state index contributed by atoms with van der Waals surface area (Å²) in [5.41, 5.74) is 0.368. The summed E-state index contributed by atoms with van der Waals surface area (Å²) in [6.07, 6.45) is 0. The molecule has 0 unspecified atom stereocenters. The van der Waals surface area contributed by atoms with Crippen molar-refractivity contribution in [2.75, 3.05) is 5.32 Å². The molecule has 0 aliphatic rings. The highest BCUT2D eigenvalue weighted by Crippen LogP contribution is 2.20. The first-order chi connectivity index (χ1) is 8.97. The minimum Gasteiger partial charge on any atom is -0.381 e. The van der Waals surface area contributed by atoms with Gasteiger partial charge in [-0.15, -0.1) is 0 Å². The Labute approximate surface area is 115 Å². The van der Waals surface area contributed by atoms with Crippen LogP contribution in [0.5, 0.6) is 0 Å². The lowest BCUT2D eigenvalue weighted by Crippen LogP contribution is -2.04. The van der Waals surface area contributed by atoms with Crippen molar-refractivity contribution < 1.29 is 17.6 Å². The molecule has 2 aromatic carbocycles. The Morgan fingerprint density at radius 2 is 1.53 bits per heavy atom. The molecule has 2 aromatic rings. The van der Waals surface area contributed by atoms with Gasteiger partial charge in [-0.05, 0) is 40.2 Å². The molecule has 19 heavy (non-hydrogen) atoms. The van der Waals surface area contributed by atoms with Gasteiger partial charge in [0.05, 0.1) is 4.47 Å². The largest absolute Gasteiger partial charge is 0.381 e. The van der Waals surface area contributed by atoms with E-state index in [4.69, 9.17) is 0 Å². The lowest BCUT2D eigenvalue weighted by molar-refractivity contribution is 0.490. The molecule has 0 saturated heterocycles. The van der Waals surface area contributed by atoms with Crippen LogP contribution >= 0.6 is 15.9 Å². The number of hydrogen-bond donors (Lipinski definition) is 1. The third kappa shape index (κ3) is 3.26. The molecule has 0 radical (unpaired) electrons. The van der Waals surface area contributed by atoms with E-state index in [9.17, 15) is 17.6 Å². The van der Waals surface area contributed by atoms with Crippen molar-refractivity contribution in [1.82, 2.24) is 0 Å². The van der Waals surface area contributed by atoms with Gasteiger partial charge in [0.2, 0.25) is 0 Å². The number of anilines is 1. The first-order valence-electron chi connectivity index (χ1n) is 5.29. The Hall–Kier alpha value is -1.56. The third-order valence-corrected chi connectivity index (χ3v) is 3.14. The predicted molar refractivity (Wildman–Crippen MR) is 67.7 cm³/mol. The fraction of sp³-hybridized carbons (Fsp3) is 0.0769. The van der Waals surface area contributed by atoms with Crippen LogP contribution in [0.3, 0.4) is 0 Å². The molecule has 1 nitrogen and oxygen atoms in total. The van der Waals surface area contributed by atoms with Gasteiger partial charge in [0.15, 0.2) is 11.6 Å². The van der Waals surface area contributed by atoms with Crippen LogP contribution in [0.15, 0.2) is 34.8 Å². The Kier molecular flexibility index (Phi) is 4.09. The third-order valence-electron chi connectivity index (χ3n) is 2.49. The molecule has 2 rings (SSSR count). The molecule has 1 N–H and O–H groups in total. The van der Waals surface area contributed by atoms with E-state index in [1.165, 1.54) is 12.1 Å². The second-order valence-corrected chi connectivity index (χ2v) is 4.69. The molecular formula is C13H8BrF4N. The highest BCUT2D eigenvalue weighted by molar-refractivity contribution is 9.10. The van der Waals surface area contributed by atoms with Gasteiger partial charge in [0.25, 0.3) is 0 Å². The summed E-state index contributed by atoms with van der Waals surface area (Å²) in [6, 6.07) is 5.52. The summed E-state index contributed by atoms with van der Waals surface area (Å²) in [5.74, 6) is -3.70. The minimum absolute atomic E-state index is 0.0396. The van der Waals surface area contributed by atoms with E-state index in [0.29, 0.717) is 16.2 Å². The van der Waals surface area contributed by atoms with Gasteiger partial charge >= 0.3 is 0 Å². The van der Waals surface area contributed by atoms with Crippen molar-refractivity contribution in [2.45, 2.75) is 6.54 Å². The quantitative estimate of drug-likeness (QED) is 0.638. The van der Waals surface area contributed by atoms with Gasteiger partial charge < -0.3 is 5.32 Å². The van der Waals surface area contributed by atoms with Gasteiger partial charge in [0.1, 0.15) is 11.6 Å². The first-order valence-corrected chi connectivity index (χ1v) is 6.09. The molecule has 0 aromatic heterocycles. The number of rotatable bonds is 3. The Morgan fingerprint density at radius 3 is 2.21 bits per heavy atom. The summed E-state index contributed by atoms with van der Waals surface area (Å²) >= 11 is 3.00. The van der Waals surface area contributed by atoms with E-state index in [-0.39, 0.29) is 12.1 Å². The predicted octanol–water partition coefficient (Wildman–Crippen LogP) is 4.62. The molecular weight excluding hydrogens is 326 g/mol. The van der Waals surface area contributed by atoms with E-state index >= 15 is 0 Å². The molecule has 0 aliphatic carbocycles. The summed E-state index contributed by atoms with van der Waals surface area (Å²) < 4.78 is 52.6. The van der Waals surface area contributed by atoms with Crippen LogP contribution in [0.2, 0.25) is 0 Å². The van der Waals surface area contributed by atoms with Gasteiger partial charge in [-0.2, -0.15) is 0 Å². The van der Waals surface area contributed by atoms with Gasteiger partial charge in [-0.3, -0.25) is 0 Å². The van der Waals surface area contributed by atoms with Gasteiger partial charge in [0, 0.05) is 23.9 Å². The molecule has 0 amide bonds. The number of hydrogen-bond acceptors (Lipinski definition) is 1. The van der Waals surface area contributed by atoms with Crippen molar-refractivity contribution in [1.29, 1.82) is 0 Å². The maximum atomic E-state index is 13.3. The molecule has 0 atom stereocenters. The summed E-state index contributed by atoms with van der Waals surface area (Å²) in [6.45, 7) is -0.0793. The molecule has 100 valence electrons. The van der Waals surface area contributed by atoms with Crippen LogP contribution in [0.4, 0.5) is 23.2 Å². The van der Waals surface area contributed by atoms with Crippen LogP contribution in [0, 0.1) is 23.3 Å². The molecule has 0 fully saturated rings. The van der Waals surface area contributed by atoms with Crippen molar-refractivity contribution in [2.24, 2.45) is 0 Å². The smallest absolute Gasteiger partial charge is 0.161 e. The van der Waals surface area contributed by atoms with Crippen molar-refractivity contribution in [3.63, 3.8) is 0 Å². The lowest BCUT2D eigenvalue weighted by atomic mass is 10.2. The zero-order valence-corrected chi connectivity index (χ0v) is 11.1. The van der Waals surface area contributed by atoms with Crippen molar-refractivity contribution in [3.05, 3.63) is 63.6 Å². The minimum atomic E-state index is -1.24. The average molecular weight is 334 g/mol. The highest BCUT2D eigenvalue weighted by atomic mass is 79.9. The van der Waals surface area contributed by atoms with E-state index < -0.39 is 23.3 Å². The molecule has 0 spiro atoms. The fourth-order valence-corrected chi connectivity index (χ4v) is 1.75. The molecule has 6 heteroatoms. The first kappa shape index (κ1) is 13.9. The van der Waals surface area contributed by atoms with E-state index in [0.717, 1.165) is 6.07 Å². The Balaban J connectivity index is 2.14. The van der Waals surface area contributed by atoms with Crippen LogP contribution in [-0.4, -0.2) is 0 Å². The number of halogens is 5. The Bertz CT molecular complexity index is 616.